The molecule has 1 aromatic rings. The summed E-state index contributed by atoms with van der Waals surface area (Å²) in [6.07, 6.45) is 8.12. The van der Waals surface area contributed by atoms with Crippen LogP contribution in [0.5, 0.6) is 0 Å². The van der Waals surface area contributed by atoms with E-state index in [0.29, 0.717) is 12.2 Å². The maximum Gasteiger partial charge on any atom is 0.137 e. The van der Waals surface area contributed by atoms with Gasteiger partial charge in [-0.3, -0.25) is 4.79 Å². The minimum atomic E-state index is 0.364. The monoisotopic (exact) mass is 244 g/mol. The summed E-state index contributed by atoms with van der Waals surface area (Å²) in [6.45, 7) is 4.26. The first kappa shape index (κ1) is 14.7. The highest BCUT2D eigenvalue weighted by Crippen LogP contribution is 2.08. The van der Waals surface area contributed by atoms with Gasteiger partial charge < -0.3 is 0 Å². The second-order valence-corrected chi connectivity index (χ2v) is 5.08. The molecular formula is C17H24O. The maximum absolute atomic E-state index is 11.7. The molecule has 0 N–H and O–H groups in total. The summed E-state index contributed by atoms with van der Waals surface area (Å²) >= 11 is 0. The molecule has 98 valence electrons. The predicted molar refractivity (Wildman–Crippen MR) is 77.7 cm³/mol. The Balaban J connectivity index is 2.09. The molecule has 0 radical (unpaired) electrons. The first-order chi connectivity index (χ1) is 8.68. The van der Waals surface area contributed by atoms with Gasteiger partial charge in [0, 0.05) is 12.8 Å². The summed E-state index contributed by atoms with van der Waals surface area (Å²) in [7, 11) is 0. The third kappa shape index (κ3) is 7.05. The van der Waals surface area contributed by atoms with E-state index in [1.807, 2.05) is 30.3 Å². The van der Waals surface area contributed by atoms with Crippen molar-refractivity contribution in [2.75, 3.05) is 0 Å². The van der Waals surface area contributed by atoms with Gasteiger partial charge >= 0.3 is 0 Å². The highest BCUT2D eigenvalue weighted by molar-refractivity contribution is 5.80. The van der Waals surface area contributed by atoms with E-state index in [9.17, 15) is 4.79 Å². The zero-order chi connectivity index (χ0) is 13.2. The van der Waals surface area contributed by atoms with E-state index in [2.05, 4.69) is 19.9 Å². The van der Waals surface area contributed by atoms with Crippen molar-refractivity contribution in [3.63, 3.8) is 0 Å². The summed E-state index contributed by atoms with van der Waals surface area (Å²) in [5.74, 6) is 0.364. The SMILES string of the molecule is CC(C)=CCCCCCC(=O)Cc1ccccc1. The van der Waals surface area contributed by atoms with Gasteiger partial charge in [0.25, 0.3) is 0 Å². The van der Waals surface area contributed by atoms with E-state index in [4.69, 9.17) is 0 Å². The Labute approximate surface area is 111 Å². The number of carbonyl (C=O) groups is 1. The molecule has 0 aliphatic carbocycles. The van der Waals surface area contributed by atoms with Crippen LogP contribution in [0.15, 0.2) is 42.0 Å². The molecule has 0 aliphatic rings. The molecule has 0 aliphatic heterocycles. The fourth-order valence-corrected chi connectivity index (χ4v) is 1.95. The van der Waals surface area contributed by atoms with Gasteiger partial charge in [-0.1, -0.05) is 48.4 Å². The largest absolute Gasteiger partial charge is 0.299 e. The average Bonchev–Trinajstić information content (AvgIpc) is 2.34. The molecule has 0 spiro atoms. The van der Waals surface area contributed by atoms with Crippen LogP contribution in [0, 0.1) is 0 Å². The van der Waals surface area contributed by atoms with Gasteiger partial charge in [0.1, 0.15) is 5.78 Å². The van der Waals surface area contributed by atoms with Gasteiger partial charge in [0.15, 0.2) is 0 Å². The van der Waals surface area contributed by atoms with Gasteiger partial charge in [-0.15, -0.1) is 0 Å². The predicted octanol–water partition coefficient (Wildman–Crippen LogP) is 4.71. The Morgan fingerprint density at radius 2 is 1.78 bits per heavy atom. The summed E-state index contributed by atoms with van der Waals surface area (Å²) in [6, 6.07) is 10.0. The zero-order valence-corrected chi connectivity index (χ0v) is 11.6. The number of rotatable bonds is 8. The number of hydrogen-bond donors (Lipinski definition) is 0. The van der Waals surface area contributed by atoms with Crippen LogP contribution in [0.2, 0.25) is 0 Å². The minimum absolute atomic E-state index is 0.364. The van der Waals surface area contributed by atoms with E-state index in [-0.39, 0.29) is 0 Å². The standard InChI is InChI=1S/C17H24O/c1-15(2)10-6-3-4-9-13-17(18)14-16-11-7-5-8-12-16/h5,7-8,10-12H,3-4,6,9,13-14H2,1-2H3. The van der Waals surface area contributed by atoms with Gasteiger partial charge in [-0.05, 0) is 38.7 Å². The lowest BCUT2D eigenvalue weighted by atomic mass is 10.0. The number of carbonyl (C=O) groups excluding carboxylic acids is 1. The van der Waals surface area contributed by atoms with Crippen molar-refractivity contribution in [3.8, 4) is 0 Å². The highest BCUT2D eigenvalue weighted by atomic mass is 16.1. The van der Waals surface area contributed by atoms with Crippen molar-refractivity contribution in [3.05, 3.63) is 47.5 Å². The number of unbranched alkanes of at least 4 members (excludes halogenated alkanes) is 3. The van der Waals surface area contributed by atoms with Crippen LogP contribution in [-0.2, 0) is 11.2 Å². The van der Waals surface area contributed by atoms with E-state index >= 15 is 0 Å². The molecule has 18 heavy (non-hydrogen) atoms. The van der Waals surface area contributed by atoms with Crippen molar-refractivity contribution in [2.24, 2.45) is 0 Å². The molecule has 1 rings (SSSR count). The van der Waals surface area contributed by atoms with Crippen LogP contribution in [0.25, 0.3) is 0 Å². The molecule has 0 heterocycles. The van der Waals surface area contributed by atoms with Gasteiger partial charge in [-0.2, -0.15) is 0 Å². The first-order valence-electron chi connectivity index (χ1n) is 6.87. The molecule has 0 amide bonds. The molecule has 0 aromatic heterocycles. The number of hydrogen-bond acceptors (Lipinski definition) is 1. The van der Waals surface area contributed by atoms with Crippen LogP contribution >= 0.6 is 0 Å². The van der Waals surface area contributed by atoms with E-state index in [1.165, 1.54) is 12.0 Å². The molecule has 1 heteroatoms. The Hall–Kier alpha value is -1.37. The summed E-state index contributed by atoms with van der Waals surface area (Å²) in [5.41, 5.74) is 2.52. The third-order valence-corrected chi connectivity index (χ3v) is 2.96. The quantitative estimate of drug-likeness (QED) is 0.478. The van der Waals surface area contributed by atoms with Gasteiger partial charge in [0.05, 0.1) is 0 Å². The molecule has 0 saturated heterocycles. The molecule has 0 bridgehead atoms. The molecule has 0 atom stereocenters. The highest BCUT2D eigenvalue weighted by Gasteiger charge is 2.02. The van der Waals surface area contributed by atoms with E-state index in [1.54, 1.807) is 0 Å². The van der Waals surface area contributed by atoms with Crippen molar-refractivity contribution in [1.29, 1.82) is 0 Å². The van der Waals surface area contributed by atoms with Crippen molar-refractivity contribution >= 4 is 5.78 Å². The average molecular weight is 244 g/mol. The van der Waals surface area contributed by atoms with E-state index in [0.717, 1.165) is 31.2 Å². The van der Waals surface area contributed by atoms with E-state index < -0.39 is 0 Å². The van der Waals surface area contributed by atoms with Gasteiger partial charge in [0.2, 0.25) is 0 Å². The summed E-state index contributed by atoms with van der Waals surface area (Å²) < 4.78 is 0. The zero-order valence-electron chi connectivity index (χ0n) is 11.6. The second-order valence-electron chi connectivity index (χ2n) is 5.08. The summed E-state index contributed by atoms with van der Waals surface area (Å²) in [5, 5.41) is 0. The molecule has 1 nitrogen and oxygen atoms in total. The van der Waals surface area contributed by atoms with Crippen molar-refractivity contribution < 1.29 is 4.79 Å². The molecule has 0 fully saturated rings. The van der Waals surface area contributed by atoms with Crippen LogP contribution in [-0.4, -0.2) is 5.78 Å². The summed E-state index contributed by atoms with van der Waals surface area (Å²) in [4.78, 5) is 11.7. The Morgan fingerprint density at radius 1 is 1.06 bits per heavy atom. The molecule has 0 saturated carbocycles. The maximum atomic E-state index is 11.7. The number of allylic oxidation sites excluding steroid dienone is 2. The number of ketones is 1. The Kier molecular flexibility index (Phi) is 7.09. The molecule has 0 unspecified atom stereocenters. The van der Waals surface area contributed by atoms with Crippen LogP contribution in [0.1, 0.15) is 51.5 Å². The van der Waals surface area contributed by atoms with Crippen LogP contribution < -0.4 is 0 Å². The van der Waals surface area contributed by atoms with Crippen LogP contribution in [0.4, 0.5) is 0 Å². The fraction of sp³-hybridized carbons (Fsp3) is 0.471. The second kappa shape index (κ2) is 8.68. The molecular weight excluding hydrogens is 220 g/mol. The normalized spacial score (nSPS) is 10.1. The minimum Gasteiger partial charge on any atom is -0.299 e. The van der Waals surface area contributed by atoms with Gasteiger partial charge in [-0.25, -0.2) is 0 Å². The topological polar surface area (TPSA) is 17.1 Å². The van der Waals surface area contributed by atoms with Crippen molar-refractivity contribution in [2.45, 2.75) is 52.4 Å². The number of benzene rings is 1. The Bertz CT molecular complexity index is 372. The van der Waals surface area contributed by atoms with Crippen LogP contribution in [0.3, 0.4) is 0 Å². The number of Topliss-reactive ketones (excluding diaryl/α,β-unsaturated/α-hetero) is 1. The smallest absolute Gasteiger partial charge is 0.137 e. The first-order valence-corrected chi connectivity index (χ1v) is 6.87. The fourth-order valence-electron chi connectivity index (χ4n) is 1.95. The lowest BCUT2D eigenvalue weighted by Gasteiger charge is -2.01. The third-order valence-electron chi connectivity index (χ3n) is 2.96. The van der Waals surface area contributed by atoms with Crippen molar-refractivity contribution in [1.82, 2.24) is 0 Å². The molecule has 1 aromatic carbocycles. The Morgan fingerprint density at radius 3 is 2.44 bits per heavy atom. The lowest BCUT2D eigenvalue weighted by Crippen LogP contribution is -2.02. The lowest BCUT2D eigenvalue weighted by molar-refractivity contribution is -0.118.